The van der Waals surface area contributed by atoms with E-state index in [1.165, 1.54) is 29.2 Å². The first-order chi connectivity index (χ1) is 16.0. The van der Waals surface area contributed by atoms with Crippen LogP contribution in [0.25, 0.3) is 0 Å². The third-order valence-electron chi connectivity index (χ3n) is 8.37. The average Bonchev–Trinajstić information content (AvgIpc) is 3.00. The van der Waals surface area contributed by atoms with Crippen molar-refractivity contribution in [2.75, 3.05) is 0 Å². The second kappa shape index (κ2) is 9.42. The first-order valence-electron chi connectivity index (χ1n) is 12.8. The molecule has 0 unspecified atom stereocenters. The Morgan fingerprint density at radius 3 is 2.03 bits per heavy atom. The highest BCUT2D eigenvalue weighted by Gasteiger charge is 2.56. The van der Waals surface area contributed by atoms with Gasteiger partial charge in [0.25, 0.3) is 0 Å². The molecule has 1 saturated heterocycles. The van der Waals surface area contributed by atoms with Gasteiger partial charge in [-0.1, -0.05) is 79.2 Å². The number of rotatable bonds is 7. The molecule has 0 spiro atoms. The molecule has 0 bridgehead atoms. The standard InChI is InChI=1S/C29H41BO3Si/c1-23-16-14-15-21-29(23,22-30-32-27(2,3)28(4,5)33-30)26(24-17-10-8-11-18-24)31-34(6,7)25-19-12-9-13-20-25/h8-13,17-20,26H,1,14-16,21-22H2,2-7H3/t26-,29+/m1/s1. The average molecular weight is 477 g/mol. The quantitative estimate of drug-likeness (QED) is 0.316. The molecule has 5 heteroatoms. The topological polar surface area (TPSA) is 27.7 Å². The maximum Gasteiger partial charge on any atom is 0.458 e. The Kier molecular flexibility index (Phi) is 7.05. The molecule has 2 aromatic rings. The smallest absolute Gasteiger partial charge is 0.405 e. The van der Waals surface area contributed by atoms with E-state index in [4.69, 9.17) is 13.7 Å². The Balaban J connectivity index is 1.76. The highest BCUT2D eigenvalue weighted by atomic mass is 28.4. The van der Waals surface area contributed by atoms with Crippen LogP contribution >= 0.6 is 0 Å². The molecular formula is C29H41BO3Si. The van der Waals surface area contributed by atoms with E-state index in [9.17, 15) is 0 Å². The minimum absolute atomic E-state index is 0.0950. The van der Waals surface area contributed by atoms with Crippen LogP contribution in [-0.4, -0.2) is 26.6 Å². The number of hydrogen-bond acceptors (Lipinski definition) is 3. The van der Waals surface area contributed by atoms with Gasteiger partial charge >= 0.3 is 7.12 Å². The number of hydrogen-bond donors (Lipinski definition) is 0. The Labute approximate surface area is 208 Å². The Morgan fingerprint density at radius 2 is 1.47 bits per heavy atom. The van der Waals surface area contributed by atoms with Crippen LogP contribution in [0.5, 0.6) is 0 Å². The zero-order valence-corrected chi connectivity index (χ0v) is 22.9. The van der Waals surface area contributed by atoms with Gasteiger partial charge in [0, 0.05) is 5.41 Å². The van der Waals surface area contributed by atoms with Gasteiger partial charge < -0.3 is 13.7 Å². The monoisotopic (exact) mass is 476 g/mol. The minimum atomic E-state index is -2.22. The van der Waals surface area contributed by atoms with Crippen molar-refractivity contribution in [3.05, 3.63) is 78.4 Å². The normalized spacial score (nSPS) is 25.4. The predicted octanol–water partition coefficient (Wildman–Crippen LogP) is 7.07. The Hall–Kier alpha value is -1.66. The molecule has 1 aliphatic carbocycles. The zero-order valence-electron chi connectivity index (χ0n) is 21.9. The van der Waals surface area contributed by atoms with Gasteiger partial charge in [0.2, 0.25) is 8.32 Å². The summed E-state index contributed by atoms with van der Waals surface area (Å²) in [4.78, 5) is 0. The van der Waals surface area contributed by atoms with Crippen LogP contribution in [-0.2, 0) is 13.7 Å². The van der Waals surface area contributed by atoms with Crippen LogP contribution < -0.4 is 5.19 Å². The summed E-state index contributed by atoms with van der Waals surface area (Å²) in [5.41, 5.74) is 1.56. The molecule has 2 aliphatic rings. The zero-order chi connectivity index (χ0) is 24.6. The van der Waals surface area contributed by atoms with E-state index in [2.05, 4.69) is 108 Å². The summed E-state index contributed by atoms with van der Waals surface area (Å²) in [6.07, 6.45) is 5.08. The van der Waals surface area contributed by atoms with Crippen molar-refractivity contribution in [2.45, 2.75) is 90.1 Å². The maximum atomic E-state index is 7.30. The van der Waals surface area contributed by atoms with Crippen LogP contribution in [0.1, 0.15) is 65.0 Å². The van der Waals surface area contributed by atoms with E-state index in [1.807, 2.05) is 0 Å². The summed E-state index contributed by atoms with van der Waals surface area (Å²) >= 11 is 0. The van der Waals surface area contributed by atoms with Crippen molar-refractivity contribution >= 4 is 20.6 Å². The van der Waals surface area contributed by atoms with Gasteiger partial charge in [-0.3, -0.25) is 0 Å². The second-order valence-corrected chi connectivity index (χ2v) is 15.5. The van der Waals surface area contributed by atoms with Crippen molar-refractivity contribution in [3.63, 3.8) is 0 Å². The van der Waals surface area contributed by atoms with Crippen LogP contribution in [0.2, 0.25) is 19.4 Å². The van der Waals surface area contributed by atoms with Crippen molar-refractivity contribution in [1.29, 1.82) is 0 Å². The summed E-state index contributed by atoms with van der Waals surface area (Å²) in [6, 6.07) is 21.5. The lowest BCUT2D eigenvalue weighted by atomic mass is 9.56. The first-order valence-corrected chi connectivity index (χ1v) is 15.7. The van der Waals surface area contributed by atoms with E-state index in [0.29, 0.717) is 0 Å². The minimum Gasteiger partial charge on any atom is -0.405 e. The highest BCUT2D eigenvalue weighted by molar-refractivity contribution is 6.84. The number of benzene rings is 2. The molecule has 1 heterocycles. The predicted molar refractivity (Wildman–Crippen MR) is 145 cm³/mol. The molecule has 2 atom stereocenters. The first kappa shape index (κ1) is 25.4. The lowest BCUT2D eigenvalue weighted by Gasteiger charge is -2.48. The molecular weight excluding hydrogens is 435 g/mol. The molecule has 2 fully saturated rings. The molecule has 2 aromatic carbocycles. The van der Waals surface area contributed by atoms with Gasteiger partial charge in [0.1, 0.15) is 0 Å². The van der Waals surface area contributed by atoms with Crippen molar-refractivity contribution in [2.24, 2.45) is 5.41 Å². The summed E-state index contributed by atoms with van der Waals surface area (Å²) in [7, 11) is -2.50. The molecule has 34 heavy (non-hydrogen) atoms. The molecule has 4 rings (SSSR count). The van der Waals surface area contributed by atoms with Crippen LogP contribution in [0.3, 0.4) is 0 Å². The summed E-state index contributed by atoms with van der Waals surface area (Å²) in [6.45, 7) is 17.8. The third-order valence-corrected chi connectivity index (χ3v) is 10.9. The molecule has 3 nitrogen and oxygen atoms in total. The fourth-order valence-electron chi connectivity index (χ4n) is 5.55. The molecule has 0 amide bonds. The van der Waals surface area contributed by atoms with Gasteiger partial charge in [-0.2, -0.15) is 0 Å². The lowest BCUT2D eigenvalue weighted by Crippen LogP contribution is -2.50. The van der Waals surface area contributed by atoms with Gasteiger partial charge in [-0.05, 0) is 77.1 Å². The summed E-state index contributed by atoms with van der Waals surface area (Å²) in [5, 5.41) is 1.31. The molecule has 1 saturated carbocycles. The molecule has 0 aromatic heterocycles. The van der Waals surface area contributed by atoms with Crippen LogP contribution in [0.15, 0.2) is 72.8 Å². The largest absolute Gasteiger partial charge is 0.458 e. The van der Waals surface area contributed by atoms with Gasteiger partial charge in [-0.25, -0.2) is 0 Å². The molecule has 1 aliphatic heterocycles. The van der Waals surface area contributed by atoms with Gasteiger partial charge in [0.05, 0.1) is 17.3 Å². The molecule has 0 radical (unpaired) electrons. The fraction of sp³-hybridized carbons (Fsp3) is 0.517. The summed E-state index contributed by atoms with van der Waals surface area (Å²) in [5.74, 6) is 0. The van der Waals surface area contributed by atoms with E-state index >= 15 is 0 Å². The Morgan fingerprint density at radius 1 is 0.912 bits per heavy atom. The van der Waals surface area contributed by atoms with Crippen LogP contribution in [0.4, 0.5) is 0 Å². The van der Waals surface area contributed by atoms with Gasteiger partial charge in [-0.15, -0.1) is 0 Å². The highest BCUT2D eigenvalue weighted by Crippen LogP contribution is 2.56. The van der Waals surface area contributed by atoms with E-state index < -0.39 is 8.32 Å². The lowest BCUT2D eigenvalue weighted by molar-refractivity contribution is 0.00578. The van der Waals surface area contributed by atoms with Crippen molar-refractivity contribution in [1.82, 2.24) is 0 Å². The second-order valence-electron chi connectivity index (χ2n) is 11.6. The summed E-state index contributed by atoms with van der Waals surface area (Å²) < 4.78 is 20.4. The maximum absolute atomic E-state index is 7.30. The Bertz CT molecular complexity index is 973. The fourth-order valence-corrected chi connectivity index (χ4v) is 7.63. The van der Waals surface area contributed by atoms with E-state index in [-0.39, 0.29) is 29.8 Å². The van der Waals surface area contributed by atoms with E-state index in [1.54, 1.807) is 0 Å². The van der Waals surface area contributed by atoms with E-state index in [0.717, 1.165) is 19.2 Å². The van der Waals surface area contributed by atoms with Crippen LogP contribution in [0, 0.1) is 5.41 Å². The third kappa shape index (κ3) is 4.86. The SMILES string of the molecule is C=C1CCCC[C@@]1(CB1OC(C)(C)C(C)(C)O1)[C@H](O[Si](C)(C)c1ccccc1)c1ccccc1. The molecule has 182 valence electrons. The molecule has 0 N–H and O–H groups in total. The van der Waals surface area contributed by atoms with Crippen molar-refractivity contribution < 1.29 is 13.7 Å². The van der Waals surface area contributed by atoms with Gasteiger partial charge in [0.15, 0.2) is 0 Å². The van der Waals surface area contributed by atoms with Crippen molar-refractivity contribution in [3.8, 4) is 0 Å².